The molecule has 0 bridgehead atoms. The van der Waals surface area contributed by atoms with Crippen LogP contribution >= 0.6 is 0 Å². The lowest BCUT2D eigenvalue weighted by Crippen LogP contribution is -2.24. The Morgan fingerprint density at radius 3 is 2.47 bits per heavy atom. The molecule has 0 unspecified atom stereocenters. The number of alkyl halides is 3. The third-order valence-electron chi connectivity index (χ3n) is 3.17. The number of halogens is 3. The molecule has 1 aromatic carbocycles. The highest BCUT2D eigenvalue weighted by molar-refractivity contribution is 5.93. The van der Waals surface area contributed by atoms with Crippen LogP contribution < -0.4 is 0 Å². The van der Waals surface area contributed by atoms with Gasteiger partial charge in [-0.2, -0.15) is 13.2 Å². The van der Waals surface area contributed by atoms with Gasteiger partial charge < -0.3 is 5.11 Å². The van der Waals surface area contributed by atoms with Crippen LogP contribution in [0.1, 0.15) is 24.0 Å². The van der Waals surface area contributed by atoms with Crippen LogP contribution in [0.25, 0.3) is 0 Å². The summed E-state index contributed by atoms with van der Waals surface area (Å²) in [5.74, 6) is -0.406. The van der Waals surface area contributed by atoms with Gasteiger partial charge in [-0.1, -0.05) is 18.2 Å². The third-order valence-corrected chi connectivity index (χ3v) is 3.17. The molecular weight excluding hydrogens is 233 g/mol. The Bertz CT molecular complexity index is 447. The quantitative estimate of drug-likeness (QED) is 0.885. The highest BCUT2D eigenvalue weighted by Gasteiger charge is 2.50. The summed E-state index contributed by atoms with van der Waals surface area (Å²) >= 11 is 0. The summed E-state index contributed by atoms with van der Waals surface area (Å²) in [6.07, 6.45) is -3.39. The Hall–Kier alpha value is -1.36. The largest absolute Gasteiger partial charge is 0.416 e. The van der Waals surface area contributed by atoms with Crippen molar-refractivity contribution in [1.29, 1.82) is 0 Å². The molecule has 2 nitrogen and oxygen atoms in total. The van der Waals surface area contributed by atoms with Gasteiger partial charge >= 0.3 is 6.18 Å². The van der Waals surface area contributed by atoms with Crippen molar-refractivity contribution in [2.45, 2.75) is 24.4 Å². The molecule has 1 fully saturated rings. The number of aliphatic hydroxyl groups excluding tert-OH is 1. The van der Waals surface area contributed by atoms with Gasteiger partial charge in [-0.15, -0.1) is 0 Å². The fraction of sp³-hybridized carbons (Fsp3) is 0.417. The number of aliphatic hydroxyl groups is 1. The molecule has 0 amide bonds. The zero-order valence-corrected chi connectivity index (χ0v) is 8.92. The number of hydrogen-bond donors (Lipinski definition) is 1. The Labute approximate surface area is 96.1 Å². The maximum Gasteiger partial charge on any atom is 0.416 e. The topological polar surface area (TPSA) is 37.3 Å². The molecule has 1 aromatic rings. The number of ketones is 1. The first-order chi connectivity index (χ1) is 7.90. The van der Waals surface area contributed by atoms with Crippen LogP contribution in [0.2, 0.25) is 0 Å². The van der Waals surface area contributed by atoms with Crippen molar-refractivity contribution in [1.82, 2.24) is 0 Å². The highest BCUT2D eigenvalue weighted by atomic mass is 19.4. The summed E-state index contributed by atoms with van der Waals surface area (Å²) in [6, 6.07) is 4.78. The van der Waals surface area contributed by atoms with Crippen molar-refractivity contribution < 1.29 is 23.1 Å². The SMILES string of the molecule is O=C(CO)C1(c2cccc(C(F)(F)F)c2)CC1. The number of rotatable bonds is 3. The maximum absolute atomic E-state index is 12.5. The first kappa shape index (κ1) is 12.1. The lowest BCUT2D eigenvalue weighted by Gasteiger charge is -2.15. The Morgan fingerprint density at radius 1 is 1.35 bits per heavy atom. The van der Waals surface area contributed by atoms with Crippen LogP contribution in [0.5, 0.6) is 0 Å². The minimum absolute atomic E-state index is 0.353. The summed E-state index contributed by atoms with van der Waals surface area (Å²) in [7, 11) is 0. The summed E-state index contributed by atoms with van der Waals surface area (Å²) in [5.41, 5.74) is -1.28. The van der Waals surface area contributed by atoms with Gasteiger partial charge in [0.05, 0.1) is 11.0 Å². The van der Waals surface area contributed by atoms with Gasteiger partial charge in [0.25, 0.3) is 0 Å². The van der Waals surface area contributed by atoms with Crippen LogP contribution in [-0.4, -0.2) is 17.5 Å². The van der Waals surface area contributed by atoms with E-state index < -0.39 is 29.5 Å². The predicted molar refractivity (Wildman–Crippen MR) is 54.4 cm³/mol. The van der Waals surface area contributed by atoms with Gasteiger partial charge in [0.1, 0.15) is 6.61 Å². The molecule has 1 N–H and O–H groups in total. The second-order valence-electron chi connectivity index (χ2n) is 4.24. The van der Waals surface area contributed by atoms with Gasteiger partial charge in [-0.25, -0.2) is 0 Å². The summed E-state index contributed by atoms with van der Waals surface area (Å²) in [6.45, 7) is -0.629. The first-order valence-electron chi connectivity index (χ1n) is 5.22. The second-order valence-corrected chi connectivity index (χ2v) is 4.24. The molecule has 5 heteroatoms. The predicted octanol–water partition coefficient (Wildman–Crippen LogP) is 2.30. The molecule has 0 atom stereocenters. The lowest BCUT2D eigenvalue weighted by atomic mass is 9.90. The normalized spacial score (nSPS) is 17.9. The molecule has 0 spiro atoms. The van der Waals surface area contributed by atoms with Crippen molar-refractivity contribution in [3.63, 3.8) is 0 Å². The zero-order valence-electron chi connectivity index (χ0n) is 8.92. The molecular formula is C12H11F3O2. The van der Waals surface area contributed by atoms with E-state index in [-0.39, 0.29) is 0 Å². The number of benzene rings is 1. The molecule has 1 aliphatic carbocycles. The number of Topliss-reactive ketones (excluding diaryl/α,β-unsaturated/α-hetero) is 1. The van der Waals surface area contributed by atoms with Crippen molar-refractivity contribution in [2.75, 3.05) is 6.61 Å². The lowest BCUT2D eigenvalue weighted by molar-refractivity contribution is -0.137. The van der Waals surface area contributed by atoms with E-state index in [1.54, 1.807) is 0 Å². The summed E-state index contributed by atoms with van der Waals surface area (Å²) in [5, 5.41) is 8.83. The van der Waals surface area contributed by atoms with Crippen LogP contribution in [0, 0.1) is 0 Å². The van der Waals surface area contributed by atoms with E-state index in [4.69, 9.17) is 5.11 Å². The molecule has 17 heavy (non-hydrogen) atoms. The van der Waals surface area contributed by atoms with Gasteiger partial charge in [-0.3, -0.25) is 4.79 Å². The number of carbonyl (C=O) groups excluding carboxylic acids is 1. The van der Waals surface area contributed by atoms with Gasteiger partial charge in [0, 0.05) is 0 Å². The average Bonchev–Trinajstić information content (AvgIpc) is 3.08. The first-order valence-corrected chi connectivity index (χ1v) is 5.22. The van der Waals surface area contributed by atoms with Crippen molar-refractivity contribution in [2.24, 2.45) is 0 Å². The summed E-state index contributed by atoms with van der Waals surface area (Å²) < 4.78 is 37.6. The zero-order chi connectivity index (χ0) is 12.7. The van der Waals surface area contributed by atoms with Crippen LogP contribution in [-0.2, 0) is 16.4 Å². The third kappa shape index (κ3) is 2.07. The van der Waals surface area contributed by atoms with E-state index in [9.17, 15) is 18.0 Å². The number of carbonyl (C=O) groups is 1. The monoisotopic (exact) mass is 244 g/mol. The molecule has 0 aromatic heterocycles. The molecule has 0 heterocycles. The second kappa shape index (κ2) is 3.84. The van der Waals surface area contributed by atoms with E-state index >= 15 is 0 Å². The van der Waals surface area contributed by atoms with E-state index in [1.165, 1.54) is 12.1 Å². The number of hydrogen-bond acceptors (Lipinski definition) is 2. The smallest absolute Gasteiger partial charge is 0.389 e. The molecule has 92 valence electrons. The fourth-order valence-corrected chi connectivity index (χ4v) is 2.00. The minimum Gasteiger partial charge on any atom is -0.389 e. The molecule has 0 radical (unpaired) electrons. The fourth-order valence-electron chi connectivity index (χ4n) is 2.00. The van der Waals surface area contributed by atoms with E-state index in [0.29, 0.717) is 18.4 Å². The average molecular weight is 244 g/mol. The van der Waals surface area contributed by atoms with Crippen LogP contribution in [0.3, 0.4) is 0 Å². The summed E-state index contributed by atoms with van der Waals surface area (Å²) in [4.78, 5) is 11.5. The van der Waals surface area contributed by atoms with Crippen molar-refractivity contribution >= 4 is 5.78 Å². The Kier molecular flexibility index (Phi) is 2.73. The van der Waals surface area contributed by atoms with E-state index in [1.807, 2.05) is 0 Å². The van der Waals surface area contributed by atoms with Gasteiger partial charge in [0.2, 0.25) is 0 Å². The molecule has 1 saturated carbocycles. The van der Waals surface area contributed by atoms with Gasteiger partial charge in [0.15, 0.2) is 5.78 Å². The Morgan fingerprint density at radius 2 is 2.00 bits per heavy atom. The standard InChI is InChI=1S/C12H11F3O2/c13-12(14,15)9-3-1-2-8(6-9)11(4-5-11)10(17)7-16/h1-3,6,16H,4-5,7H2. The van der Waals surface area contributed by atoms with Crippen molar-refractivity contribution in [3.8, 4) is 0 Å². The molecule has 1 aliphatic rings. The van der Waals surface area contributed by atoms with E-state index in [2.05, 4.69) is 0 Å². The van der Waals surface area contributed by atoms with Crippen LogP contribution in [0.4, 0.5) is 13.2 Å². The Balaban J connectivity index is 2.38. The molecule has 2 rings (SSSR count). The molecule has 0 saturated heterocycles. The van der Waals surface area contributed by atoms with Gasteiger partial charge in [-0.05, 0) is 24.5 Å². The van der Waals surface area contributed by atoms with E-state index in [0.717, 1.165) is 12.1 Å². The van der Waals surface area contributed by atoms with Crippen molar-refractivity contribution in [3.05, 3.63) is 35.4 Å². The highest BCUT2D eigenvalue weighted by Crippen LogP contribution is 2.49. The molecule has 0 aliphatic heterocycles. The van der Waals surface area contributed by atoms with Crippen LogP contribution in [0.15, 0.2) is 24.3 Å². The minimum atomic E-state index is -4.41. The maximum atomic E-state index is 12.5.